The third-order valence-corrected chi connectivity index (χ3v) is 3.20. The molecule has 0 aliphatic heterocycles. The van der Waals surface area contributed by atoms with Gasteiger partial charge in [0.05, 0.1) is 11.9 Å². The Morgan fingerprint density at radius 3 is 2.52 bits per heavy atom. The lowest BCUT2D eigenvalue weighted by molar-refractivity contribution is 0.102. The largest absolute Gasteiger partial charge is 0.382 e. The first-order valence-electron chi connectivity index (χ1n) is 6.89. The summed E-state index contributed by atoms with van der Waals surface area (Å²) in [6.45, 7) is 0. The highest BCUT2D eigenvalue weighted by atomic mass is 19.1. The summed E-state index contributed by atoms with van der Waals surface area (Å²) in [5.74, 6) is -0.959. The molecule has 0 bridgehead atoms. The van der Waals surface area contributed by atoms with Crippen LogP contribution in [-0.4, -0.2) is 15.9 Å². The number of rotatable bonds is 3. The lowest BCUT2D eigenvalue weighted by Gasteiger charge is -2.08. The van der Waals surface area contributed by atoms with Crippen LogP contribution in [0.25, 0.3) is 11.3 Å². The highest BCUT2D eigenvalue weighted by Crippen LogP contribution is 2.21. The number of hydrogen-bond donors (Lipinski definition) is 2. The Morgan fingerprint density at radius 1 is 1.09 bits per heavy atom. The van der Waals surface area contributed by atoms with E-state index in [1.54, 1.807) is 42.5 Å². The minimum Gasteiger partial charge on any atom is -0.382 e. The molecule has 0 atom stereocenters. The summed E-state index contributed by atoms with van der Waals surface area (Å²) < 4.78 is 13.9. The van der Waals surface area contributed by atoms with Gasteiger partial charge in [-0.15, -0.1) is 0 Å². The summed E-state index contributed by atoms with van der Waals surface area (Å²) in [6, 6.07) is 15.0. The van der Waals surface area contributed by atoms with E-state index in [1.807, 2.05) is 6.07 Å². The van der Waals surface area contributed by atoms with Crippen molar-refractivity contribution in [2.24, 2.45) is 0 Å². The van der Waals surface area contributed by atoms with Gasteiger partial charge in [-0.2, -0.15) is 0 Å². The van der Waals surface area contributed by atoms with E-state index in [0.29, 0.717) is 5.69 Å². The Labute approximate surface area is 135 Å². The normalized spacial score (nSPS) is 10.3. The summed E-state index contributed by atoms with van der Waals surface area (Å²) >= 11 is 0. The zero-order chi connectivity index (χ0) is 16.2. The number of amides is 1. The van der Waals surface area contributed by atoms with Gasteiger partial charge in [0, 0.05) is 14.1 Å². The molecule has 1 amide bonds. The zero-order valence-corrected chi connectivity index (χ0v) is 12.0. The van der Waals surface area contributed by atoms with E-state index in [9.17, 15) is 9.18 Å². The van der Waals surface area contributed by atoms with Gasteiger partial charge in [0.1, 0.15) is 5.82 Å². The standard InChI is InChI=1S/C17H13FN4O.2H2/c18-13-9-5-4-8-12(13)14-10-20-16(19)15(22-14)17(23)21-11-6-2-1-3-7-11;;/h1-10H,(H2,19,20)(H,21,23);2*1H. The number of halogens is 1. The molecule has 118 valence electrons. The number of nitrogens with zero attached hydrogens (tertiary/aromatic N) is 2. The monoisotopic (exact) mass is 312 g/mol. The van der Waals surface area contributed by atoms with Gasteiger partial charge in [0.25, 0.3) is 5.91 Å². The quantitative estimate of drug-likeness (QED) is 0.774. The Hall–Kier alpha value is -3.28. The summed E-state index contributed by atoms with van der Waals surface area (Å²) in [4.78, 5) is 20.4. The molecular weight excluding hydrogens is 295 g/mol. The number of carbonyl (C=O) groups is 1. The maximum absolute atomic E-state index is 13.9. The van der Waals surface area contributed by atoms with Gasteiger partial charge in [0.15, 0.2) is 11.5 Å². The van der Waals surface area contributed by atoms with E-state index >= 15 is 0 Å². The van der Waals surface area contributed by atoms with Crippen molar-refractivity contribution in [1.82, 2.24) is 9.97 Å². The maximum Gasteiger partial charge on any atom is 0.278 e. The van der Waals surface area contributed by atoms with E-state index < -0.39 is 11.7 Å². The average Bonchev–Trinajstić information content (AvgIpc) is 2.57. The molecule has 0 aliphatic carbocycles. The van der Waals surface area contributed by atoms with Gasteiger partial charge >= 0.3 is 0 Å². The molecule has 0 unspecified atom stereocenters. The summed E-state index contributed by atoms with van der Waals surface area (Å²) in [7, 11) is 0. The first-order chi connectivity index (χ1) is 11.1. The Balaban J connectivity index is 0.00000156. The van der Waals surface area contributed by atoms with Crippen LogP contribution < -0.4 is 11.1 Å². The van der Waals surface area contributed by atoms with Crippen molar-refractivity contribution in [3.63, 3.8) is 0 Å². The molecule has 3 rings (SSSR count). The smallest absolute Gasteiger partial charge is 0.278 e. The van der Waals surface area contributed by atoms with Crippen LogP contribution in [0.2, 0.25) is 0 Å². The van der Waals surface area contributed by atoms with Crippen molar-refractivity contribution in [3.8, 4) is 11.3 Å². The molecule has 0 fully saturated rings. The number of hydrogen-bond acceptors (Lipinski definition) is 4. The average molecular weight is 312 g/mol. The van der Waals surface area contributed by atoms with Crippen molar-refractivity contribution < 1.29 is 12.0 Å². The summed E-state index contributed by atoms with van der Waals surface area (Å²) in [5.41, 5.74) is 6.80. The molecule has 23 heavy (non-hydrogen) atoms. The molecule has 0 radical (unpaired) electrons. The molecule has 1 heterocycles. The second-order valence-corrected chi connectivity index (χ2v) is 4.79. The predicted octanol–water partition coefficient (Wildman–Crippen LogP) is 3.61. The van der Waals surface area contributed by atoms with Crippen molar-refractivity contribution >= 4 is 17.4 Å². The van der Waals surface area contributed by atoms with Crippen LogP contribution in [0.5, 0.6) is 0 Å². The van der Waals surface area contributed by atoms with Crippen LogP contribution >= 0.6 is 0 Å². The van der Waals surface area contributed by atoms with Gasteiger partial charge in [-0.1, -0.05) is 30.3 Å². The van der Waals surface area contributed by atoms with E-state index in [-0.39, 0.29) is 25.6 Å². The molecule has 3 N–H and O–H groups in total. The lowest BCUT2D eigenvalue weighted by atomic mass is 10.1. The zero-order valence-electron chi connectivity index (χ0n) is 12.0. The summed E-state index contributed by atoms with van der Waals surface area (Å²) in [5, 5.41) is 2.68. The number of nitrogens with two attached hydrogens (primary N) is 1. The second-order valence-electron chi connectivity index (χ2n) is 4.79. The minimum absolute atomic E-state index is 0. The van der Waals surface area contributed by atoms with Crippen LogP contribution in [0.3, 0.4) is 0 Å². The van der Waals surface area contributed by atoms with Crippen molar-refractivity contribution in [2.45, 2.75) is 0 Å². The molecule has 5 nitrogen and oxygen atoms in total. The van der Waals surface area contributed by atoms with E-state index in [1.165, 1.54) is 12.3 Å². The van der Waals surface area contributed by atoms with Gasteiger partial charge in [0.2, 0.25) is 0 Å². The number of carbonyl (C=O) groups excluding carboxylic acids is 1. The molecular formula is C17H17FN4O. The Kier molecular flexibility index (Phi) is 3.97. The predicted molar refractivity (Wildman–Crippen MR) is 90.5 cm³/mol. The highest BCUT2D eigenvalue weighted by Gasteiger charge is 2.16. The van der Waals surface area contributed by atoms with Crippen LogP contribution in [0.1, 0.15) is 13.3 Å². The van der Waals surface area contributed by atoms with Gasteiger partial charge in [-0.05, 0) is 24.3 Å². The summed E-state index contributed by atoms with van der Waals surface area (Å²) in [6.07, 6.45) is 1.34. The first-order valence-corrected chi connectivity index (χ1v) is 6.89. The molecule has 0 saturated heterocycles. The number of para-hydroxylation sites is 1. The fraction of sp³-hybridized carbons (Fsp3) is 0. The topological polar surface area (TPSA) is 80.9 Å². The van der Waals surface area contributed by atoms with E-state index in [0.717, 1.165) is 0 Å². The van der Waals surface area contributed by atoms with Gasteiger partial charge in [-0.25, -0.2) is 14.4 Å². The highest BCUT2D eigenvalue weighted by molar-refractivity contribution is 6.05. The number of anilines is 2. The van der Waals surface area contributed by atoms with Crippen molar-refractivity contribution in [3.05, 3.63) is 72.3 Å². The van der Waals surface area contributed by atoms with Crippen molar-refractivity contribution in [1.29, 1.82) is 0 Å². The lowest BCUT2D eigenvalue weighted by Crippen LogP contribution is -2.17. The minimum atomic E-state index is -0.501. The SMILES string of the molecule is Nc1ncc(-c2ccccc2F)nc1C(=O)Nc1ccccc1.[HH].[HH]. The van der Waals surface area contributed by atoms with Crippen molar-refractivity contribution in [2.75, 3.05) is 11.1 Å². The van der Waals surface area contributed by atoms with Crippen LogP contribution in [-0.2, 0) is 0 Å². The molecule has 2 aromatic carbocycles. The number of aromatic nitrogens is 2. The fourth-order valence-corrected chi connectivity index (χ4v) is 2.08. The number of benzene rings is 2. The van der Waals surface area contributed by atoms with Gasteiger partial charge in [-0.3, -0.25) is 4.79 Å². The Morgan fingerprint density at radius 2 is 1.78 bits per heavy atom. The van der Waals surface area contributed by atoms with Gasteiger partial charge < -0.3 is 11.1 Å². The van der Waals surface area contributed by atoms with E-state index in [2.05, 4.69) is 15.3 Å². The van der Waals surface area contributed by atoms with Crippen LogP contribution in [0, 0.1) is 5.82 Å². The maximum atomic E-state index is 13.9. The molecule has 0 saturated carbocycles. The van der Waals surface area contributed by atoms with Crippen LogP contribution in [0.4, 0.5) is 15.9 Å². The molecule has 0 spiro atoms. The van der Waals surface area contributed by atoms with Crippen LogP contribution in [0.15, 0.2) is 60.8 Å². The fourth-order valence-electron chi connectivity index (χ4n) is 2.08. The molecule has 3 aromatic rings. The molecule has 0 aliphatic rings. The second kappa shape index (κ2) is 6.23. The van der Waals surface area contributed by atoms with E-state index in [4.69, 9.17) is 5.73 Å². The number of nitrogen functional groups attached to an aromatic ring is 1. The molecule has 6 heteroatoms. The molecule has 1 aromatic heterocycles. The number of nitrogens with one attached hydrogen (secondary N) is 1. The Bertz CT molecular complexity index is 862. The third-order valence-electron chi connectivity index (χ3n) is 3.20. The third kappa shape index (κ3) is 3.16. The first kappa shape index (κ1) is 14.6.